The van der Waals surface area contributed by atoms with Crippen molar-refractivity contribution in [2.24, 2.45) is 0 Å². The third-order valence-electron chi connectivity index (χ3n) is 5.09. The van der Waals surface area contributed by atoms with Crippen LogP contribution in [0.2, 0.25) is 0 Å². The third-order valence-corrected chi connectivity index (χ3v) is 5.09. The molecule has 2 nitrogen and oxygen atoms in total. The molecule has 0 saturated carbocycles. The normalized spacial score (nSPS) is 12.1. The second kappa shape index (κ2) is 12.5. The van der Waals surface area contributed by atoms with Crippen LogP contribution in [0.3, 0.4) is 0 Å². The van der Waals surface area contributed by atoms with Crippen molar-refractivity contribution < 1.29 is 9.90 Å². The van der Waals surface area contributed by atoms with Crippen LogP contribution in [0.4, 0.5) is 0 Å². The van der Waals surface area contributed by atoms with Gasteiger partial charge in [0, 0.05) is 11.1 Å². The van der Waals surface area contributed by atoms with Gasteiger partial charge in [0.05, 0.1) is 6.10 Å². The van der Waals surface area contributed by atoms with Gasteiger partial charge in [-0.05, 0) is 24.5 Å². The minimum absolute atomic E-state index is 0.0370. The van der Waals surface area contributed by atoms with E-state index in [0.717, 1.165) is 18.4 Å². The molecular weight excluding hydrogens is 332 g/mol. The fourth-order valence-electron chi connectivity index (χ4n) is 3.48. The molecule has 0 heterocycles. The molecule has 0 aliphatic carbocycles. The van der Waals surface area contributed by atoms with Crippen molar-refractivity contribution >= 4 is 5.78 Å². The van der Waals surface area contributed by atoms with Crippen molar-refractivity contribution in [3.05, 3.63) is 71.3 Å². The Morgan fingerprint density at radius 1 is 0.815 bits per heavy atom. The Morgan fingerprint density at radius 2 is 1.44 bits per heavy atom. The van der Waals surface area contributed by atoms with Gasteiger partial charge in [0.2, 0.25) is 0 Å². The highest BCUT2D eigenvalue weighted by atomic mass is 16.3. The first kappa shape index (κ1) is 21.4. The number of carbonyl (C=O) groups is 1. The summed E-state index contributed by atoms with van der Waals surface area (Å²) in [6.45, 7) is 2.24. The standard InChI is InChI=1S/C25H34O2/c1-2-3-4-5-6-7-8-12-18-24(26)20-21-14-13-17-23(19-21)25(27)22-15-10-9-11-16-22/h9-11,13-17,19,24,26H,2-8,12,18,20H2,1H3. The zero-order chi connectivity index (χ0) is 19.3. The van der Waals surface area contributed by atoms with Gasteiger partial charge < -0.3 is 5.11 Å². The van der Waals surface area contributed by atoms with Gasteiger partial charge in [0.25, 0.3) is 0 Å². The molecule has 1 atom stereocenters. The van der Waals surface area contributed by atoms with E-state index in [0.29, 0.717) is 17.5 Å². The van der Waals surface area contributed by atoms with E-state index in [2.05, 4.69) is 6.92 Å². The summed E-state index contributed by atoms with van der Waals surface area (Å²) in [4.78, 5) is 12.6. The molecule has 2 aromatic rings. The first-order chi connectivity index (χ1) is 13.2. The Balaban J connectivity index is 1.73. The molecule has 0 aromatic heterocycles. The molecule has 1 unspecified atom stereocenters. The van der Waals surface area contributed by atoms with Crippen molar-refractivity contribution in [2.45, 2.75) is 77.2 Å². The smallest absolute Gasteiger partial charge is 0.193 e. The van der Waals surface area contributed by atoms with Gasteiger partial charge in [-0.1, -0.05) is 107 Å². The van der Waals surface area contributed by atoms with Gasteiger partial charge in [-0.25, -0.2) is 0 Å². The number of hydrogen-bond donors (Lipinski definition) is 1. The maximum atomic E-state index is 12.6. The van der Waals surface area contributed by atoms with Crippen molar-refractivity contribution in [3.63, 3.8) is 0 Å². The third kappa shape index (κ3) is 8.09. The van der Waals surface area contributed by atoms with Crippen LogP contribution in [0.5, 0.6) is 0 Å². The van der Waals surface area contributed by atoms with Crippen molar-refractivity contribution in [1.29, 1.82) is 0 Å². The Labute approximate surface area is 164 Å². The molecular formula is C25H34O2. The lowest BCUT2D eigenvalue weighted by atomic mass is 9.97. The molecule has 2 rings (SSSR count). The lowest BCUT2D eigenvalue weighted by Gasteiger charge is -2.11. The predicted octanol–water partition coefficient (Wildman–Crippen LogP) is 6.35. The molecule has 2 heteroatoms. The Kier molecular flexibility index (Phi) is 9.86. The quantitative estimate of drug-likeness (QED) is 0.331. The van der Waals surface area contributed by atoms with Crippen LogP contribution < -0.4 is 0 Å². The van der Waals surface area contributed by atoms with Crippen LogP contribution in [-0.2, 0) is 6.42 Å². The van der Waals surface area contributed by atoms with Gasteiger partial charge in [-0.2, -0.15) is 0 Å². The number of aliphatic hydroxyl groups excluding tert-OH is 1. The molecule has 27 heavy (non-hydrogen) atoms. The summed E-state index contributed by atoms with van der Waals surface area (Å²) in [5.74, 6) is 0.0370. The van der Waals surface area contributed by atoms with Gasteiger partial charge in [0.15, 0.2) is 5.78 Å². The van der Waals surface area contributed by atoms with Gasteiger partial charge >= 0.3 is 0 Å². The number of ketones is 1. The second-order valence-electron chi connectivity index (χ2n) is 7.52. The SMILES string of the molecule is CCCCCCCCCCC(O)Cc1cccc(C(=O)c2ccccc2)c1. The molecule has 1 N–H and O–H groups in total. The average molecular weight is 367 g/mol. The number of rotatable bonds is 13. The number of hydrogen-bond acceptors (Lipinski definition) is 2. The first-order valence-corrected chi connectivity index (χ1v) is 10.6. The lowest BCUT2D eigenvalue weighted by Crippen LogP contribution is -2.11. The summed E-state index contributed by atoms with van der Waals surface area (Å²) in [6, 6.07) is 17.0. The molecule has 0 bridgehead atoms. The monoisotopic (exact) mass is 366 g/mol. The number of aliphatic hydroxyl groups is 1. The van der Waals surface area contributed by atoms with Crippen LogP contribution >= 0.6 is 0 Å². The Morgan fingerprint density at radius 3 is 2.15 bits per heavy atom. The van der Waals surface area contributed by atoms with Gasteiger partial charge in [-0.3, -0.25) is 4.79 Å². The van der Waals surface area contributed by atoms with E-state index in [1.54, 1.807) is 0 Å². The fourth-order valence-corrected chi connectivity index (χ4v) is 3.48. The molecule has 2 aromatic carbocycles. The lowest BCUT2D eigenvalue weighted by molar-refractivity contribution is 0.103. The molecule has 0 spiro atoms. The average Bonchev–Trinajstić information content (AvgIpc) is 2.70. The summed E-state index contributed by atoms with van der Waals surface area (Å²) in [6.07, 6.45) is 11.4. The molecule has 0 aliphatic heterocycles. The summed E-state index contributed by atoms with van der Waals surface area (Å²) in [5, 5.41) is 10.3. The number of benzene rings is 2. The van der Waals surface area contributed by atoms with Crippen LogP contribution in [0.1, 0.15) is 86.2 Å². The summed E-state index contributed by atoms with van der Waals surface area (Å²) >= 11 is 0. The zero-order valence-electron chi connectivity index (χ0n) is 16.7. The van der Waals surface area contributed by atoms with Crippen molar-refractivity contribution in [1.82, 2.24) is 0 Å². The topological polar surface area (TPSA) is 37.3 Å². The van der Waals surface area contributed by atoms with Gasteiger partial charge in [0.1, 0.15) is 0 Å². The molecule has 0 fully saturated rings. The summed E-state index contributed by atoms with van der Waals surface area (Å²) < 4.78 is 0. The summed E-state index contributed by atoms with van der Waals surface area (Å²) in [7, 11) is 0. The number of unbranched alkanes of at least 4 members (excludes halogenated alkanes) is 7. The van der Waals surface area contributed by atoms with Crippen molar-refractivity contribution in [2.75, 3.05) is 0 Å². The maximum absolute atomic E-state index is 12.6. The highest BCUT2D eigenvalue weighted by Gasteiger charge is 2.11. The highest BCUT2D eigenvalue weighted by molar-refractivity contribution is 6.09. The van der Waals surface area contributed by atoms with E-state index in [1.807, 2.05) is 54.6 Å². The van der Waals surface area contributed by atoms with Crippen LogP contribution in [-0.4, -0.2) is 17.0 Å². The van der Waals surface area contributed by atoms with Gasteiger partial charge in [-0.15, -0.1) is 0 Å². The Hall–Kier alpha value is -1.93. The molecule has 146 valence electrons. The van der Waals surface area contributed by atoms with Crippen LogP contribution in [0.15, 0.2) is 54.6 Å². The Bertz CT molecular complexity index is 663. The van der Waals surface area contributed by atoms with E-state index < -0.39 is 0 Å². The van der Waals surface area contributed by atoms with E-state index in [1.165, 1.54) is 44.9 Å². The molecule has 0 aliphatic rings. The fraction of sp³-hybridized carbons (Fsp3) is 0.480. The number of carbonyl (C=O) groups excluding carboxylic acids is 1. The first-order valence-electron chi connectivity index (χ1n) is 10.6. The minimum Gasteiger partial charge on any atom is -0.393 e. The van der Waals surface area contributed by atoms with E-state index in [-0.39, 0.29) is 11.9 Å². The molecule has 0 amide bonds. The summed E-state index contributed by atoms with van der Waals surface area (Å²) in [5.41, 5.74) is 2.43. The second-order valence-corrected chi connectivity index (χ2v) is 7.52. The minimum atomic E-state index is -0.327. The zero-order valence-corrected chi connectivity index (χ0v) is 16.7. The predicted molar refractivity (Wildman–Crippen MR) is 113 cm³/mol. The van der Waals surface area contributed by atoms with Crippen LogP contribution in [0, 0.1) is 0 Å². The maximum Gasteiger partial charge on any atom is 0.193 e. The largest absolute Gasteiger partial charge is 0.393 e. The van der Waals surface area contributed by atoms with E-state index in [9.17, 15) is 9.90 Å². The molecule has 0 saturated heterocycles. The van der Waals surface area contributed by atoms with E-state index in [4.69, 9.17) is 0 Å². The highest BCUT2D eigenvalue weighted by Crippen LogP contribution is 2.16. The van der Waals surface area contributed by atoms with E-state index >= 15 is 0 Å². The van der Waals surface area contributed by atoms with Crippen molar-refractivity contribution in [3.8, 4) is 0 Å². The van der Waals surface area contributed by atoms with Crippen LogP contribution in [0.25, 0.3) is 0 Å². The molecule has 0 radical (unpaired) electrons.